The first-order chi connectivity index (χ1) is 14.2. The first-order valence-corrected chi connectivity index (χ1v) is 11.8. The number of nitrogens with one attached hydrogen (secondary N) is 1. The number of amides is 1. The minimum absolute atomic E-state index is 0.0849. The van der Waals surface area contributed by atoms with Crippen molar-refractivity contribution < 1.29 is 13.2 Å². The van der Waals surface area contributed by atoms with Gasteiger partial charge in [-0.3, -0.25) is 9.10 Å². The summed E-state index contributed by atoms with van der Waals surface area (Å²) in [5, 5.41) is 3.09. The molecule has 0 atom stereocenters. The van der Waals surface area contributed by atoms with Crippen LogP contribution in [-0.2, 0) is 14.8 Å². The Morgan fingerprint density at radius 2 is 1.70 bits per heavy atom. The molecule has 0 heterocycles. The van der Waals surface area contributed by atoms with Crippen LogP contribution >= 0.6 is 39.1 Å². The molecule has 0 aliphatic carbocycles. The van der Waals surface area contributed by atoms with Gasteiger partial charge in [-0.05, 0) is 49.4 Å². The van der Waals surface area contributed by atoms with Crippen LogP contribution in [0.25, 0.3) is 0 Å². The number of sulfonamides is 1. The fourth-order valence-corrected chi connectivity index (χ4v) is 4.85. The molecule has 3 aromatic rings. The molecule has 156 valence electrons. The standard InChI is InChI=1S/C21H17BrCl2N2O3S/c1-14-8-10-17(11-9-14)30(28,29)26(16-5-2-4-15(22)12-16)13-20(27)25-19-7-3-6-18(23)21(19)24/h2-12H,13H2,1H3,(H,25,27). The Labute approximate surface area is 193 Å². The lowest BCUT2D eigenvalue weighted by Gasteiger charge is -2.24. The number of anilines is 2. The second kappa shape index (κ2) is 9.39. The number of halogens is 3. The maximum absolute atomic E-state index is 13.3. The molecule has 0 saturated heterocycles. The number of benzene rings is 3. The van der Waals surface area contributed by atoms with E-state index in [1.807, 2.05) is 6.92 Å². The van der Waals surface area contributed by atoms with Crippen LogP contribution in [0.2, 0.25) is 10.0 Å². The molecule has 0 fully saturated rings. The maximum atomic E-state index is 13.3. The Morgan fingerprint density at radius 1 is 1.03 bits per heavy atom. The number of rotatable bonds is 6. The van der Waals surface area contributed by atoms with Crippen LogP contribution in [0.5, 0.6) is 0 Å². The summed E-state index contributed by atoms with van der Waals surface area (Å²) in [5.41, 5.74) is 1.57. The van der Waals surface area contributed by atoms with Crippen LogP contribution in [0.15, 0.2) is 76.1 Å². The highest BCUT2D eigenvalue weighted by Crippen LogP contribution is 2.30. The molecule has 3 rings (SSSR count). The van der Waals surface area contributed by atoms with Gasteiger partial charge in [-0.25, -0.2) is 8.42 Å². The Kier molecular flexibility index (Phi) is 7.08. The number of carbonyl (C=O) groups is 1. The number of hydrogen-bond donors (Lipinski definition) is 1. The molecule has 30 heavy (non-hydrogen) atoms. The molecule has 0 aliphatic rings. The van der Waals surface area contributed by atoms with Gasteiger partial charge < -0.3 is 5.32 Å². The summed E-state index contributed by atoms with van der Waals surface area (Å²) in [6.45, 7) is 1.42. The van der Waals surface area contributed by atoms with Crippen molar-refractivity contribution in [3.63, 3.8) is 0 Å². The van der Waals surface area contributed by atoms with E-state index in [1.54, 1.807) is 54.6 Å². The summed E-state index contributed by atoms with van der Waals surface area (Å²) in [6.07, 6.45) is 0. The summed E-state index contributed by atoms with van der Waals surface area (Å²) in [5.74, 6) is -0.560. The third kappa shape index (κ3) is 5.16. The SMILES string of the molecule is Cc1ccc(S(=O)(=O)N(CC(=O)Nc2cccc(Cl)c2Cl)c2cccc(Br)c2)cc1. The number of aryl methyl sites for hydroxylation is 1. The Morgan fingerprint density at radius 3 is 2.37 bits per heavy atom. The molecular weight excluding hydrogens is 511 g/mol. The maximum Gasteiger partial charge on any atom is 0.264 e. The summed E-state index contributed by atoms with van der Waals surface area (Å²) in [4.78, 5) is 12.8. The molecular formula is C21H17BrCl2N2O3S. The van der Waals surface area contributed by atoms with Crippen molar-refractivity contribution in [1.82, 2.24) is 0 Å². The van der Waals surface area contributed by atoms with Crippen LogP contribution < -0.4 is 9.62 Å². The fraction of sp³-hybridized carbons (Fsp3) is 0.0952. The lowest BCUT2D eigenvalue weighted by atomic mass is 10.2. The summed E-state index contributed by atoms with van der Waals surface area (Å²) < 4.78 is 28.4. The van der Waals surface area contributed by atoms with Crippen molar-refractivity contribution in [1.29, 1.82) is 0 Å². The fourth-order valence-electron chi connectivity index (χ4n) is 2.70. The van der Waals surface area contributed by atoms with Crippen LogP contribution in [0.1, 0.15) is 5.56 Å². The average Bonchev–Trinajstić information content (AvgIpc) is 2.70. The van der Waals surface area contributed by atoms with E-state index in [0.29, 0.717) is 15.8 Å². The molecule has 0 saturated carbocycles. The normalized spacial score (nSPS) is 11.2. The predicted molar refractivity (Wildman–Crippen MR) is 125 cm³/mol. The Balaban J connectivity index is 1.97. The topological polar surface area (TPSA) is 66.5 Å². The van der Waals surface area contributed by atoms with Gasteiger partial charge in [0, 0.05) is 4.47 Å². The van der Waals surface area contributed by atoms with Crippen LogP contribution in [0.3, 0.4) is 0 Å². The second-order valence-corrected chi connectivity index (χ2v) is 10.0. The lowest BCUT2D eigenvalue weighted by Crippen LogP contribution is -2.38. The van der Waals surface area contributed by atoms with Crippen molar-refractivity contribution in [3.8, 4) is 0 Å². The minimum Gasteiger partial charge on any atom is -0.323 e. The van der Waals surface area contributed by atoms with Gasteiger partial charge in [0.1, 0.15) is 6.54 Å². The van der Waals surface area contributed by atoms with Gasteiger partial charge in [0.2, 0.25) is 5.91 Å². The Bertz CT molecular complexity index is 1190. The van der Waals surface area contributed by atoms with E-state index in [0.717, 1.165) is 9.87 Å². The zero-order chi connectivity index (χ0) is 21.9. The third-order valence-corrected chi connectivity index (χ3v) is 7.32. The monoisotopic (exact) mass is 526 g/mol. The first-order valence-electron chi connectivity index (χ1n) is 8.77. The highest BCUT2D eigenvalue weighted by atomic mass is 79.9. The summed E-state index contributed by atoms with van der Waals surface area (Å²) in [7, 11) is -4.00. The van der Waals surface area contributed by atoms with Crippen molar-refractivity contribution >= 4 is 66.4 Å². The van der Waals surface area contributed by atoms with Crippen molar-refractivity contribution in [3.05, 3.63) is 86.8 Å². The van der Waals surface area contributed by atoms with E-state index in [9.17, 15) is 13.2 Å². The van der Waals surface area contributed by atoms with Gasteiger partial charge in [-0.1, -0.05) is 69.0 Å². The second-order valence-electron chi connectivity index (χ2n) is 6.45. The highest BCUT2D eigenvalue weighted by Gasteiger charge is 2.27. The third-order valence-electron chi connectivity index (χ3n) is 4.22. The van der Waals surface area contributed by atoms with Crippen molar-refractivity contribution in [2.24, 2.45) is 0 Å². The van der Waals surface area contributed by atoms with Gasteiger partial charge >= 0.3 is 0 Å². The van der Waals surface area contributed by atoms with E-state index in [1.165, 1.54) is 12.1 Å². The molecule has 3 aromatic carbocycles. The smallest absolute Gasteiger partial charge is 0.264 e. The van der Waals surface area contributed by atoms with Gasteiger partial charge in [0.25, 0.3) is 10.0 Å². The van der Waals surface area contributed by atoms with Crippen molar-refractivity contribution in [2.45, 2.75) is 11.8 Å². The molecule has 0 bridgehead atoms. The quantitative estimate of drug-likeness (QED) is 0.434. The van der Waals surface area contributed by atoms with E-state index < -0.39 is 22.5 Å². The molecule has 1 N–H and O–H groups in total. The molecule has 0 aliphatic heterocycles. The average molecular weight is 528 g/mol. The van der Waals surface area contributed by atoms with E-state index in [2.05, 4.69) is 21.2 Å². The number of hydrogen-bond acceptors (Lipinski definition) is 3. The highest BCUT2D eigenvalue weighted by molar-refractivity contribution is 9.10. The van der Waals surface area contributed by atoms with Gasteiger partial charge in [0.15, 0.2) is 0 Å². The van der Waals surface area contributed by atoms with E-state index in [-0.39, 0.29) is 14.9 Å². The van der Waals surface area contributed by atoms with Gasteiger partial charge in [-0.2, -0.15) is 0 Å². The number of carbonyl (C=O) groups excluding carboxylic acids is 1. The van der Waals surface area contributed by atoms with Gasteiger partial charge in [0.05, 0.1) is 26.3 Å². The Hall–Kier alpha value is -2.06. The molecule has 0 spiro atoms. The van der Waals surface area contributed by atoms with Crippen LogP contribution in [-0.4, -0.2) is 20.9 Å². The van der Waals surface area contributed by atoms with Crippen molar-refractivity contribution in [2.75, 3.05) is 16.2 Å². The van der Waals surface area contributed by atoms with E-state index in [4.69, 9.17) is 23.2 Å². The van der Waals surface area contributed by atoms with Crippen LogP contribution in [0, 0.1) is 6.92 Å². The molecule has 0 aromatic heterocycles. The zero-order valence-electron chi connectivity index (χ0n) is 15.8. The summed E-state index contributed by atoms with van der Waals surface area (Å²) in [6, 6.07) is 18.0. The predicted octanol–water partition coefficient (Wildman–Crippen LogP) is 5.90. The van der Waals surface area contributed by atoms with E-state index >= 15 is 0 Å². The van der Waals surface area contributed by atoms with Gasteiger partial charge in [-0.15, -0.1) is 0 Å². The van der Waals surface area contributed by atoms with Crippen LogP contribution in [0.4, 0.5) is 11.4 Å². The molecule has 0 unspecified atom stereocenters. The molecule has 1 amide bonds. The number of nitrogens with zero attached hydrogens (tertiary/aromatic N) is 1. The largest absolute Gasteiger partial charge is 0.323 e. The first kappa shape index (κ1) is 22.6. The lowest BCUT2D eigenvalue weighted by molar-refractivity contribution is -0.114. The minimum atomic E-state index is -4.00. The zero-order valence-corrected chi connectivity index (χ0v) is 19.7. The summed E-state index contributed by atoms with van der Waals surface area (Å²) >= 11 is 15.5. The molecule has 5 nitrogen and oxygen atoms in total. The molecule has 0 radical (unpaired) electrons. The molecule has 9 heteroatoms.